The van der Waals surface area contributed by atoms with E-state index in [2.05, 4.69) is 52.5 Å². The van der Waals surface area contributed by atoms with Crippen LogP contribution in [0.1, 0.15) is 30.1 Å². The average molecular weight is 410 g/mol. The minimum Gasteiger partial charge on any atom is -0.447 e. The largest absolute Gasteiger partial charge is 0.447 e. The molecule has 1 aliphatic heterocycles. The second-order valence-corrected chi connectivity index (χ2v) is 7.58. The molecule has 154 valence electrons. The zero-order chi connectivity index (χ0) is 21.2. The lowest BCUT2D eigenvalue weighted by Crippen LogP contribution is -2.28. The van der Waals surface area contributed by atoms with Crippen LogP contribution in [0.25, 0.3) is 10.8 Å². The van der Waals surface area contributed by atoms with E-state index in [4.69, 9.17) is 4.74 Å². The summed E-state index contributed by atoms with van der Waals surface area (Å²) in [6.45, 7) is 2.36. The van der Waals surface area contributed by atoms with Crippen molar-refractivity contribution >= 4 is 28.6 Å². The molecule has 2 atom stereocenters. The summed E-state index contributed by atoms with van der Waals surface area (Å²) in [6.07, 6.45) is 1.26. The SMILES string of the molecule is C[C@H](Nc1nccc(N2C(=O)OCC2c2ccccc2)n1)c1ccc2ccccc2c1. The highest BCUT2D eigenvalue weighted by molar-refractivity contribution is 5.89. The highest BCUT2D eigenvalue weighted by atomic mass is 16.6. The smallest absolute Gasteiger partial charge is 0.416 e. The molecule has 1 fully saturated rings. The van der Waals surface area contributed by atoms with Crippen molar-refractivity contribution in [3.8, 4) is 0 Å². The summed E-state index contributed by atoms with van der Waals surface area (Å²) in [5, 5.41) is 5.75. The molecule has 4 aromatic rings. The summed E-state index contributed by atoms with van der Waals surface area (Å²) >= 11 is 0. The van der Waals surface area contributed by atoms with Crippen LogP contribution in [0.4, 0.5) is 16.6 Å². The van der Waals surface area contributed by atoms with Gasteiger partial charge in [0.2, 0.25) is 5.95 Å². The Hall–Kier alpha value is -3.93. The number of hydrogen-bond acceptors (Lipinski definition) is 5. The van der Waals surface area contributed by atoms with Gasteiger partial charge in [0.25, 0.3) is 0 Å². The Morgan fingerprint density at radius 3 is 2.61 bits per heavy atom. The van der Waals surface area contributed by atoms with Crippen LogP contribution in [-0.2, 0) is 4.74 Å². The third-order valence-electron chi connectivity index (χ3n) is 5.56. The minimum atomic E-state index is -0.402. The number of nitrogens with zero attached hydrogens (tertiary/aromatic N) is 3. The molecule has 1 amide bonds. The van der Waals surface area contributed by atoms with Crippen LogP contribution >= 0.6 is 0 Å². The predicted molar refractivity (Wildman–Crippen MR) is 121 cm³/mol. The van der Waals surface area contributed by atoms with E-state index in [0.717, 1.165) is 11.1 Å². The van der Waals surface area contributed by atoms with Crippen molar-refractivity contribution < 1.29 is 9.53 Å². The number of rotatable bonds is 5. The molecule has 31 heavy (non-hydrogen) atoms. The van der Waals surface area contributed by atoms with Gasteiger partial charge in [-0.2, -0.15) is 4.98 Å². The predicted octanol–water partition coefficient (Wildman–Crippen LogP) is 5.50. The van der Waals surface area contributed by atoms with Gasteiger partial charge in [0.1, 0.15) is 18.5 Å². The molecule has 0 spiro atoms. The molecule has 1 aromatic heterocycles. The molecule has 1 N–H and O–H groups in total. The first-order valence-electron chi connectivity index (χ1n) is 10.3. The van der Waals surface area contributed by atoms with E-state index >= 15 is 0 Å². The van der Waals surface area contributed by atoms with Gasteiger partial charge >= 0.3 is 6.09 Å². The molecule has 2 heterocycles. The number of fused-ring (bicyclic) bond motifs is 1. The number of amides is 1. The van der Waals surface area contributed by atoms with E-state index in [1.165, 1.54) is 10.8 Å². The van der Waals surface area contributed by atoms with Crippen molar-refractivity contribution in [1.82, 2.24) is 9.97 Å². The van der Waals surface area contributed by atoms with Crippen molar-refractivity contribution in [2.45, 2.75) is 19.0 Å². The molecule has 0 bridgehead atoms. The normalized spacial score (nSPS) is 16.9. The zero-order valence-electron chi connectivity index (χ0n) is 17.1. The highest BCUT2D eigenvalue weighted by Gasteiger charge is 2.36. The molecular formula is C25H22N4O2. The molecule has 3 aromatic carbocycles. The van der Waals surface area contributed by atoms with E-state index in [1.54, 1.807) is 17.2 Å². The van der Waals surface area contributed by atoms with E-state index in [0.29, 0.717) is 18.4 Å². The number of carbonyl (C=O) groups is 1. The van der Waals surface area contributed by atoms with E-state index in [1.807, 2.05) is 42.5 Å². The third kappa shape index (κ3) is 3.80. The van der Waals surface area contributed by atoms with Gasteiger partial charge in [0, 0.05) is 6.20 Å². The molecule has 1 saturated heterocycles. The van der Waals surface area contributed by atoms with Gasteiger partial charge in [-0.3, -0.25) is 4.90 Å². The van der Waals surface area contributed by atoms with Gasteiger partial charge in [0.15, 0.2) is 0 Å². The van der Waals surface area contributed by atoms with Crippen LogP contribution in [0.5, 0.6) is 0 Å². The second-order valence-electron chi connectivity index (χ2n) is 7.58. The monoisotopic (exact) mass is 410 g/mol. The van der Waals surface area contributed by atoms with Crippen LogP contribution < -0.4 is 10.2 Å². The fourth-order valence-corrected chi connectivity index (χ4v) is 3.90. The number of benzene rings is 3. The number of anilines is 2. The van der Waals surface area contributed by atoms with Crippen molar-refractivity contribution in [3.63, 3.8) is 0 Å². The maximum Gasteiger partial charge on any atom is 0.416 e. The molecule has 6 heteroatoms. The number of carbonyl (C=O) groups excluding carboxylic acids is 1. The minimum absolute atomic E-state index is 0.00435. The quantitative estimate of drug-likeness (QED) is 0.470. The second kappa shape index (κ2) is 8.07. The summed E-state index contributed by atoms with van der Waals surface area (Å²) in [5.74, 6) is 0.976. The Bertz CT molecular complexity index is 1230. The fourth-order valence-electron chi connectivity index (χ4n) is 3.90. The van der Waals surface area contributed by atoms with Crippen molar-refractivity contribution in [2.75, 3.05) is 16.8 Å². The van der Waals surface area contributed by atoms with Crippen LogP contribution in [0.3, 0.4) is 0 Å². The Morgan fingerprint density at radius 1 is 1.00 bits per heavy atom. The average Bonchev–Trinajstić information content (AvgIpc) is 3.21. The van der Waals surface area contributed by atoms with Gasteiger partial charge in [-0.15, -0.1) is 0 Å². The molecule has 6 nitrogen and oxygen atoms in total. The van der Waals surface area contributed by atoms with Gasteiger partial charge in [-0.25, -0.2) is 9.78 Å². The summed E-state index contributed by atoms with van der Waals surface area (Å²) in [5.41, 5.74) is 2.14. The lowest BCUT2D eigenvalue weighted by molar-refractivity contribution is 0.179. The van der Waals surface area contributed by atoms with Crippen LogP contribution in [-0.4, -0.2) is 22.7 Å². The summed E-state index contributed by atoms with van der Waals surface area (Å²) in [7, 11) is 0. The number of hydrogen-bond donors (Lipinski definition) is 1. The zero-order valence-corrected chi connectivity index (χ0v) is 17.1. The number of cyclic esters (lactones) is 1. The van der Waals surface area contributed by atoms with Crippen LogP contribution in [0, 0.1) is 0 Å². The van der Waals surface area contributed by atoms with Crippen LogP contribution in [0.2, 0.25) is 0 Å². The van der Waals surface area contributed by atoms with Gasteiger partial charge in [-0.05, 0) is 41.0 Å². The molecule has 0 aliphatic carbocycles. The van der Waals surface area contributed by atoms with Gasteiger partial charge in [-0.1, -0.05) is 66.7 Å². The highest BCUT2D eigenvalue weighted by Crippen LogP contribution is 2.32. The summed E-state index contributed by atoms with van der Waals surface area (Å²) in [4.78, 5) is 23.0. The fraction of sp³-hybridized carbons (Fsp3) is 0.160. The lowest BCUT2D eigenvalue weighted by Gasteiger charge is -2.21. The summed E-state index contributed by atoms with van der Waals surface area (Å²) < 4.78 is 5.32. The maximum atomic E-state index is 12.5. The first-order valence-corrected chi connectivity index (χ1v) is 10.3. The Kier molecular flexibility index (Phi) is 4.96. The van der Waals surface area contributed by atoms with Gasteiger partial charge < -0.3 is 10.1 Å². The van der Waals surface area contributed by atoms with Crippen molar-refractivity contribution in [1.29, 1.82) is 0 Å². The number of nitrogens with one attached hydrogen (secondary N) is 1. The maximum absolute atomic E-state index is 12.5. The standard InChI is InChI=1S/C25H22N4O2/c1-17(20-12-11-18-7-5-6-10-21(18)15-20)27-24-26-14-13-23(28-24)29-22(16-31-25(29)30)19-8-3-2-4-9-19/h2-15,17,22H,16H2,1H3,(H,26,27,28)/t17-,22?/m0/s1. The molecule has 1 aliphatic rings. The Morgan fingerprint density at radius 2 is 1.77 bits per heavy atom. The molecular weight excluding hydrogens is 388 g/mol. The van der Waals surface area contributed by atoms with E-state index in [9.17, 15) is 4.79 Å². The molecule has 1 unspecified atom stereocenters. The number of ether oxygens (including phenoxy) is 1. The first-order chi connectivity index (χ1) is 15.2. The van der Waals surface area contributed by atoms with E-state index < -0.39 is 6.09 Å². The molecule has 0 saturated carbocycles. The number of aromatic nitrogens is 2. The summed E-state index contributed by atoms with van der Waals surface area (Å²) in [6, 6.07) is 26.0. The lowest BCUT2D eigenvalue weighted by atomic mass is 10.0. The first kappa shape index (κ1) is 19.1. The van der Waals surface area contributed by atoms with Crippen LogP contribution in [0.15, 0.2) is 85.1 Å². The van der Waals surface area contributed by atoms with E-state index in [-0.39, 0.29) is 12.1 Å². The molecule has 0 radical (unpaired) electrons. The van der Waals surface area contributed by atoms with Crippen molar-refractivity contribution in [2.24, 2.45) is 0 Å². The molecule has 5 rings (SSSR count). The topological polar surface area (TPSA) is 67.4 Å². The Labute approximate surface area is 180 Å². The van der Waals surface area contributed by atoms with Crippen molar-refractivity contribution in [3.05, 3.63) is 96.2 Å². The Balaban J connectivity index is 1.39. The third-order valence-corrected chi connectivity index (χ3v) is 5.56. The van der Waals surface area contributed by atoms with Gasteiger partial charge in [0.05, 0.1) is 6.04 Å².